The van der Waals surface area contributed by atoms with Crippen LogP contribution in [0, 0.1) is 0 Å². The van der Waals surface area contributed by atoms with Crippen molar-refractivity contribution < 1.29 is 24.6 Å². The topological polar surface area (TPSA) is 110 Å². The fraction of sp³-hybridized carbons (Fsp3) is 0.200. The van der Waals surface area contributed by atoms with Gasteiger partial charge in [0.25, 0.3) is 0 Å². The van der Waals surface area contributed by atoms with Gasteiger partial charge in [0.2, 0.25) is 0 Å². The molecule has 0 fully saturated rings. The van der Waals surface area contributed by atoms with Crippen LogP contribution in [0.1, 0.15) is 17.5 Å². The SMILES string of the molecule is O=P(O)(O)Nc1cc(O)ccc1CCCc1cccc(O)c1. The number of nitrogens with one attached hydrogen (secondary N) is 1. The fourth-order valence-corrected chi connectivity index (χ4v) is 2.76. The molecule has 2 rings (SSSR count). The van der Waals surface area contributed by atoms with E-state index in [2.05, 4.69) is 5.09 Å². The number of benzene rings is 2. The van der Waals surface area contributed by atoms with Crippen LogP contribution in [0.5, 0.6) is 11.5 Å². The smallest absolute Gasteiger partial charge is 0.427 e. The van der Waals surface area contributed by atoms with Gasteiger partial charge in [-0.05, 0) is 48.6 Å². The Labute approximate surface area is 128 Å². The second-order valence-electron chi connectivity index (χ2n) is 5.02. The Bertz CT molecular complexity index is 698. The average molecular weight is 323 g/mol. The molecule has 0 atom stereocenters. The van der Waals surface area contributed by atoms with Crippen LogP contribution in [-0.2, 0) is 17.4 Å². The molecule has 0 saturated carbocycles. The Balaban J connectivity index is 2.04. The largest absolute Gasteiger partial charge is 0.508 e. The first-order chi connectivity index (χ1) is 10.3. The third-order valence-corrected chi connectivity index (χ3v) is 3.71. The summed E-state index contributed by atoms with van der Waals surface area (Å²) in [6, 6.07) is 11.4. The number of anilines is 1. The Hall–Kier alpha value is -2.01. The molecule has 0 spiro atoms. The van der Waals surface area contributed by atoms with Crippen LogP contribution in [0.4, 0.5) is 5.69 Å². The summed E-state index contributed by atoms with van der Waals surface area (Å²) in [5, 5.41) is 21.0. The molecule has 0 bridgehead atoms. The molecule has 0 aliphatic rings. The van der Waals surface area contributed by atoms with Gasteiger partial charge in [-0.1, -0.05) is 18.2 Å². The molecule has 6 nitrogen and oxygen atoms in total. The van der Waals surface area contributed by atoms with Crippen molar-refractivity contribution in [2.24, 2.45) is 0 Å². The van der Waals surface area contributed by atoms with Crippen molar-refractivity contribution in [2.75, 3.05) is 5.09 Å². The van der Waals surface area contributed by atoms with E-state index >= 15 is 0 Å². The van der Waals surface area contributed by atoms with Gasteiger partial charge >= 0.3 is 7.75 Å². The van der Waals surface area contributed by atoms with E-state index in [9.17, 15) is 14.8 Å². The Morgan fingerprint density at radius 2 is 1.68 bits per heavy atom. The van der Waals surface area contributed by atoms with Crippen molar-refractivity contribution in [3.05, 3.63) is 53.6 Å². The molecule has 0 heterocycles. The lowest BCUT2D eigenvalue weighted by Gasteiger charge is -2.13. The quantitative estimate of drug-likeness (QED) is 0.523. The average Bonchev–Trinajstić information content (AvgIpc) is 2.39. The van der Waals surface area contributed by atoms with Crippen molar-refractivity contribution in [2.45, 2.75) is 19.3 Å². The molecule has 0 aliphatic carbocycles. The maximum Gasteiger partial charge on any atom is 0.427 e. The van der Waals surface area contributed by atoms with E-state index < -0.39 is 7.75 Å². The van der Waals surface area contributed by atoms with E-state index in [0.717, 1.165) is 18.4 Å². The number of aryl methyl sites for hydroxylation is 2. The molecule has 118 valence electrons. The molecular formula is C15H18NO5P. The lowest BCUT2D eigenvalue weighted by molar-refractivity contribution is 0.380. The highest BCUT2D eigenvalue weighted by Gasteiger charge is 2.15. The molecule has 0 aromatic heterocycles. The second kappa shape index (κ2) is 6.83. The van der Waals surface area contributed by atoms with Gasteiger partial charge in [0.15, 0.2) is 0 Å². The third kappa shape index (κ3) is 5.07. The van der Waals surface area contributed by atoms with Crippen LogP contribution >= 0.6 is 7.75 Å². The third-order valence-electron chi connectivity index (χ3n) is 3.18. The van der Waals surface area contributed by atoms with E-state index in [-0.39, 0.29) is 17.2 Å². The zero-order valence-electron chi connectivity index (χ0n) is 11.8. The standard InChI is InChI=1S/C15H18NO5P/c17-13-6-2-4-11(9-13)3-1-5-12-7-8-14(18)10-15(12)16-22(19,20)21/h2,4,6-10,17-18H,1,3,5H2,(H3,16,19,20,21). The predicted octanol–water partition coefficient (Wildman–Crippen LogP) is 2.78. The van der Waals surface area contributed by atoms with E-state index in [1.807, 2.05) is 6.07 Å². The minimum atomic E-state index is -4.43. The number of hydrogen-bond acceptors (Lipinski definition) is 3. The van der Waals surface area contributed by atoms with Crippen molar-refractivity contribution in [3.63, 3.8) is 0 Å². The number of phenols is 2. The van der Waals surface area contributed by atoms with Gasteiger partial charge in [-0.25, -0.2) is 4.57 Å². The molecule has 2 aromatic carbocycles. The van der Waals surface area contributed by atoms with Gasteiger partial charge in [0.05, 0.1) is 5.69 Å². The summed E-state index contributed by atoms with van der Waals surface area (Å²) in [5.74, 6) is 0.152. The zero-order chi connectivity index (χ0) is 16.2. The highest BCUT2D eigenvalue weighted by atomic mass is 31.2. The molecule has 0 amide bonds. The molecule has 2 aromatic rings. The summed E-state index contributed by atoms with van der Waals surface area (Å²) in [7, 11) is -4.43. The van der Waals surface area contributed by atoms with Crippen LogP contribution in [0.25, 0.3) is 0 Å². The van der Waals surface area contributed by atoms with E-state index in [1.54, 1.807) is 24.3 Å². The molecule has 0 radical (unpaired) electrons. The van der Waals surface area contributed by atoms with Gasteiger partial charge in [0.1, 0.15) is 11.5 Å². The predicted molar refractivity (Wildman–Crippen MR) is 83.9 cm³/mol. The minimum Gasteiger partial charge on any atom is -0.508 e. The van der Waals surface area contributed by atoms with Crippen molar-refractivity contribution in [3.8, 4) is 11.5 Å². The molecule has 5 N–H and O–H groups in total. The summed E-state index contributed by atoms with van der Waals surface area (Å²) >= 11 is 0. The van der Waals surface area contributed by atoms with Crippen LogP contribution in [0.15, 0.2) is 42.5 Å². The van der Waals surface area contributed by atoms with Crippen molar-refractivity contribution in [1.82, 2.24) is 0 Å². The summed E-state index contributed by atoms with van der Waals surface area (Å²) in [5.41, 5.74) is 1.92. The minimum absolute atomic E-state index is 0.0623. The maximum absolute atomic E-state index is 11.1. The first-order valence-corrected chi connectivity index (χ1v) is 8.38. The Morgan fingerprint density at radius 3 is 2.36 bits per heavy atom. The number of hydrogen-bond donors (Lipinski definition) is 5. The highest BCUT2D eigenvalue weighted by molar-refractivity contribution is 7.53. The van der Waals surface area contributed by atoms with Gasteiger partial charge in [-0.2, -0.15) is 0 Å². The van der Waals surface area contributed by atoms with Gasteiger partial charge in [0, 0.05) is 6.07 Å². The summed E-state index contributed by atoms with van der Waals surface area (Å²) in [4.78, 5) is 18.0. The van der Waals surface area contributed by atoms with Crippen LogP contribution in [0.2, 0.25) is 0 Å². The summed E-state index contributed by atoms with van der Waals surface area (Å²) in [6.45, 7) is 0. The number of aromatic hydroxyl groups is 2. The fourth-order valence-electron chi connectivity index (χ4n) is 2.24. The number of phenolic OH excluding ortho intramolecular Hbond substituents is 2. The number of rotatable bonds is 6. The molecule has 7 heteroatoms. The van der Waals surface area contributed by atoms with Crippen LogP contribution in [-0.4, -0.2) is 20.0 Å². The Kier molecular flexibility index (Phi) is 5.08. The monoisotopic (exact) mass is 323 g/mol. The van der Waals surface area contributed by atoms with Crippen molar-refractivity contribution in [1.29, 1.82) is 0 Å². The van der Waals surface area contributed by atoms with E-state index in [0.29, 0.717) is 12.0 Å². The lowest BCUT2D eigenvalue weighted by Crippen LogP contribution is -2.00. The van der Waals surface area contributed by atoms with Crippen LogP contribution < -0.4 is 5.09 Å². The lowest BCUT2D eigenvalue weighted by atomic mass is 10.0. The maximum atomic E-state index is 11.1. The first kappa shape index (κ1) is 16.4. The summed E-state index contributed by atoms with van der Waals surface area (Å²) < 4.78 is 11.1. The molecular weight excluding hydrogens is 305 g/mol. The van der Waals surface area contributed by atoms with Crippen LogP contribution in [0.3, 0.4) is 0 Å². The second-order valence-corrected chi connectivity index (χ2v) is 6.33. The first-order valence-electron chi connectivity index (χ1n) is 6.77. The van der Waals surface area contributed by atoms with Gasteiger partial charge in [-0.15, -0.1) is 0 Å². The Morgan fingerprint density at radius 1 is 0.955 bits per heavy atom. The summed E-state index contributed by atoms with van der Waals surface area (Å²) in [6.07, 6.45) is 2.05. The molecule has 0 unspecified atom stereocenters. The van der Waals surface area contributed by atoms with E-state index in [1.165, 1.54) is 12.1 Å². The zero-order valence-corrected chi connectivity index (χ0v) is 12.7. The van der Waals surface area contributed by atoms with E-state index in [4.69, 9.17) is 9.79 Å². The van der Waals surface area contributed by atoms with Gasteiger partial charge in [-0.3, -0.25) is 5.09 Å². The molecule has 0 aliphatic heterocycles. The molecule has 22 heavy (non-hydrogen) atoms. The highest BCUT2D eigenvalue weighted by Crippen LogP contribution is 2.38. The molecule has 0 saturated heterocycles. The van der Waals surface area contributed by atoms with Crippen molar-refractivity contribution >= 4 is 13.4 Å². The normalized spacial score (nSPS) is 11.4. The van der Waals surface area contributed by atoms with Gasteiger partial charge < -0.3 is 20.0 Å².